The fourth-order valence-electron chi connectivity index (χ4n) is 0. The summed E-state index contributed by atoms with van der Waals surface area (Å²) in [6.45, 7) is 0. The summed E-state index contributed by atoms with van der Waals surface area (Å²) in [5.74, 6) is 0. The molecule has 0 aliphatic carbocycles. The molecule has 0 aromatic carbocycles. The molecular weight excluding hydrogens is 329 g/mol. The molecule has 0 atom stereocenters. The predicted molar refractivity (Wildman–Crippen MR) is 32.4 cm³/mol. The molecule has 0 amide bonds. The van der Waals surface area contributed by atoms with Crippen molar-refractivity contribution in [2.75, 3.05) is 0 Å². The molecule has 0 bridgehead atoms. The Morgan fingerprint density at radius 3 is 0.818 bits per heavy atom. The van der Waals surface area contributed by atoms with Crippen molar-refractivity contribution in [3.05, 3.63) is 0 Å². The van der Waals surface area contributed by atoms with Crippen LogP contribution in [0.15, 0.2) is 0 Å². The quantitative estimate of drug-likeness (QED) is 0.268. The van der Waals surface area contributed by atoms with Crippen molar-refractivity contribution in [1.29, 1.82) is 0 Å². The minimum atomic E-state index is -5.67. The van der Waals surface area contributed by atoms with Gasteiger partial charge in [-0.2, -0.15) is 0 Å². The molecule has 0 aliphatic heterocycles. The van der Waals surface area contributed by atoms with Crippen LogP contribution in [0.5, 0.6) is 0 Å². The van der Waals surface area contributed by atoms with E-state index in [1.54, 1.807) is 0 Å². The topological polar surface area (TPSA) is 177 Å². The van der Waals surface area contributed by atoms with Crippen molar-refractivity contribution in [3.63, 3.8) is 0 Å². The number of hydrogen-bond donors (Lipinski definition) is 0. The van der Waals surface area contributed by atoms with E-state index in [9.17, 15) is 25.9 Å². The van der Waals surface area contributed by atoms with Gasteiger partial charge in [0.1, 0.15) is 0 Å². The van der Waals surface area contributed by atoms with Crippen LogP contribution in [0.25, 0.3) is 0 Å². The second-order valence-corrected chi connectivity index (χ2v) is 4.90. The summed E-state index contributed by atoms with van der Waals surface area (Å²) in [5.41, 5.74) is 0. The van der Waals surface area contributed by atoms with E-state index in [0.29, 0.717) is 0 Å². The fraction of sp³-hybridized carbons (Fsp3) is 0. The Kier molecular flexibility index (Phi) is 14.1. The van der Waals surface area contributed by atoms with Crippen molar-refractivity contribution in [2.24, 2.45) is 0 Å². The van der Waals surface area contributed by atoms with Crippen LogP contribution in [0.3, 0.4) is 0 Å². The molecule has 0 saturated carbocycles. The van der Waals surface area contributed by atoms with Crippen molar-refractivity contribution >= 4 is 67.2 Å². The predicted octanol–water partition coefficient (Wildman–Crippen LogP) is -4.04. The van der Waals surface area contributed by atoms with Gasteiger partial charge in [-0.25, -0.2) is 16.8 Å². The monoisotopic (exact) mass is 334 g/mol. The van der Waals surface area contributed by atoms with E-state index in [1.807, 2.05) is 0 Å². The largest absolute Gasteiger partial charge is 2.00 e. The summed E-state index contributed by atoms with van der Waals surface area (Å²) in [5, 5.41) is 0. The molecule has 0 radical (unpaired) electrons. The van der Waals surface area contributed by atoms with E-state index < -0.39 is 18.3 Å². The maximum absolute atomic E-state index is 9.20. The van der Waals surface area contributed by atoms with Gasteiger partial charge in [-0.1, -0.05) is 0 Å². The first-order valence-electron chi connectivity index (χ1n) is 1.17. The summed E-state index contributed by atoms with van der Waals surface area (Å²) < 4.78 is 55.2. The molecule has 0 aliphatic rings. The number of rotatable bonds is 1. The molecule has 0 saturated heterocycles. The van der Waals surface area contributed by atoms with E-state index in [4.69, 9.17) is 0 Å². The average molecular weight is 333 g/mol. The van der Waals surface area contributed by atoms with Crippen molar-refractivity contribution < 1.29 is 36.9 Å². The first kappa shape index (κ1) is 22.8. The smallest absolute Gasteiger partial charge is 0.736 e. The van der Waals surface area contributed by atoms with Crippen molar-refractivity contribution in [1.82, 2.24) is 0 Å². The summed E-state index contributed by atoms with van der Waals surface area (Å²) in [6.07, 6.45) is 0. The second-order valence-electron chi connectivity index (χ2n) is 0.816. The van der Waals surface area contributed by atoms with Crippen molar-refractivity contribution in [3.8, 4) is 0 Å². The van der Waals surface area contributed by atoms with Crippen LogP contribution in [0.2, 0.25) is 0 Å². The third kappa shape index (κ3) is 9.22. The summed E-state index contributed by atoms with van der Waals surface area (Å²) in [4.78, 5) is 0. The maximum atomic E-state index is 9.20. The summed E-state index contributed by atoms with van der Waals surface area (Å²) in [6, 6.07) is 0. The maximum Gasteiger partial charge on any atom is 2.00 e. The van der Waals surface area contributed by atoms with Crippen LogP contribution >= 0.6 is 0 Å². The second kappa shape index (κ2) is 6.79. The van der Waals surface area contributed by atoms with Crippen LogP contribution in [-0.2, 0) is 18.3 Å². The average Bonchev–Trinajstić information content (AvgIpc) is 1.25. The summed E-state index contributed by atoms with van der Waals surface area (Å²) >= 11 is 0. The van der Waals surface area contributed by atoms with Crippen LogP contribution < -0.4 is 0 Å². The van der Waals surface area contributed by atoms with Gasteiger partial charge in [0.25, 0.3) is 0 Å². The standard InChI is InChI=1S/Ba.H2O6S2.2H2O/c;1-7(2,3)8(4,5)6;;/h;(H,1,2,3)(H,4,5,6);2*1H2/q+2;;;/p-2. The van der Waals surface area contributed by atoms with Gasteiger partial charge in [-0.3, -0.25) is 0 Å². The van der Waals surface area contributed by atoms with Crippen LogP contribution in [-0.4, -0.2) is 85.8 Å². The third-order valence-corrected chi connectivity index (χ3v) is 2.25. The van der Waals surface area contributed by atoms with Crippen LogP contribution in [0.1, 0.15) is 0 Å². The Morgan fingerprint density at radius 2 is 0.818 bits per heavy atom. The van der Waals surface area contributed by atoms with E-state index in [2.05, 4.69) is 0 Å². The molecule has 8 nitrogen and oxygen atoms in total. The van der Waals surface area contributed by atoms with E-state index in [-0.39, 0.29) is 59.8 Å². The Morgan fingerprint density at radius 1 is 0.727 bits per heavy atom. The zero-order chi connectivity index (χ0) is 7.00. The molecule has 4 N–H and O–H groups in total. The normalized spacial score (nSPS) is 10.0. The Hall–Kier alpha value is 1.31. The molecular formula is H4BaO8S2. The van der Waals surface area contributed by atoms with Crippen LogP contribution in [0, 0.1) is 0 Å². The number of hydrogen-bond acceptors (Lipinski definition) is 6. The van der Waals surface area contributed by atoms with Crippen molar-refractivity contribution in [2.45, 2.75) is 0 Å². The Bertz CT molecular complexity index is 224. The molecule has 0 aromatic heterocycles. The van der Waals surface area contributed by atoms with E-state index >= 15 is 0 Å². The fourth-order valence-corrected chi connectivity index (χ4v) is 0. The van der Waals surface area contributed by atoms with Gasteiger partial charge >= 0.3 is 48.9 Å². The minimum Gasteiger partial charge on any atom is -0.736 e. The molecule has 0 spiro atoms. The molecule has 11 heteroatoms. The first-order valence-corrected chi connectivity index (χ1v) is 4.50. The zero-order valence-corrected chi connectivity index (χ0v) is 11.0. The molecule has 0 unspecified atom stereocenters. The zero-order valence-electron chi connectivity index (χ0n) is 4.97. The molecule has 11 heavy (non-hydrogen) atoms. The third-order valence-electron chi connectivity index (χ3n) is 0.250. The molecule has 0 rings (SSSR count). The van der Waals surface area contributed by atoms with Gasteiger partial charge in [-0.05, 0) is 0 Å². The Balaban J connectivity index is -0.0000000817. The van der Waals surface area contributed by atoms with Gasteiger partial charge in [0.05, 0.1) is 0 Å². The van der Waals surface area contributed by atoms with Gasteiger partial charge in [0.15, 0.2) is 18.3 Å². The SMILES string of the molecule is O.O.O=S(=O)([O-])S(=O)(=O)[O-].[Ba+2]. The van der Waals surface area contributed by atoms with E-state index in [0.717, 1.165) is 0 Å². The minimum absolute atomic E-state index is 0. The first-order chi connectivity index (χ1) is 3.25. The Labute approximate surface area is 103 Å². The molecule has 0 heterocycles. The van der Waals surface area contributed by atoms with Gasteiger partial charge in [0, 0.05) is 0 Å². The molecule has 66 valence electrons. The van der Waals surface area contributed by atoms with Gasteiger partial charge < -0.3 is 20.1 Å². The summed E-state index contributed by atoms with van der Waals surface area (Å²) in [7, 11) is -11.3. The molecule has 0 aromatic rings. The van der Waals surface area contributed by atoms with Gasteiger partial charge in [-0.15, -0.1) is 0 Å². The molecule has 0 fully saturated rings. The van der Waals surface area contributed by atoms with Crippen LogP contribution in [0.4, 0.5) is 0 Å². The van der Waals surface area contributed by atoms with E-state index in [1.165, 1.54) is 0 Å². The van der Waals surface area contributed by atoms with Gasteiger partial charge in [0.2, 0.25) is 0 Å².